The van der Waals surface area contributed by atoms with Gasteiger partial charge in [-0.1, -0.05) is 23.7 Å². The van der Waals surface area contributed by atoms with E-state index in [1.54, 1.807) is 24.3 Å². The summed E-state index contributed by atoms with van der Waals surface area (Å²) in [5, 5.41) is 12.2. The Bertz CT molecular complexity index is 776. The van der Waals surface area contributed by atoms with Crippen molar-refractivity contribution in [3.05, 3.63) is 40.7 Å². The second-order valence-corrected chi connectivity index (χ2v) is 4.62. The van der Waals surface area contributed by atoms with E-state index in [0.717, 1.165) is 4.68 Å². The van der Waals surface area contributed by atoms with Crippen molar-refractivity contribution in [1.29, 1.82) is 0 Å². The number of benzene rings is 1. The molecule has 0 aliphatic carbocycles. The molecule has 0 unspecified atom stereocenters. The Morgan fingerprint density at radius 3 is 2.57 bits per heavy atom. The van der Waals surface area contributed by atoms with Crippen LogP contribution >= 0.6 is 11.6 Å². The van der Waals surface area contributed by atoms with Crippen molar-refractivity contribution in [3.63, 3.8) is 0 Å². The Hall–Kier alpha value is -2.06. The van der Waals surface area contributed by atoms with Crippen LogP contribution in [0.4, 0.5) is 13.2 Å². The summed E-state index contributed by atoms with van der Waals surface area (Å²) in [5.41, 5.74) is -0.503. The average Bonchev–Trinajstić information content (AvgIpc) is 2.98. The molecule has 1 aromatic carbocycles. The first-order valence-corrected chi connectivity index (χ1v) is 6.20. The lowest BCUT2D eigenvalue weighted by atomic mass is 10.2. The van der Waals surface area contributed by atoms with Gasteiger partial charge in [-0.25, -0.2) is 4.98 Å². The summed E-state index contributed by atoms with van der Waals surface area (Å²) < 4.78 is 39.4. The second kappa shape index (κ2) is 4.74. The smallest absolute Gasteiger partial charge is 0.391 e. The number of aliphatic hydroxyl groups is 1. The predicted octanol–water partition coefficient (Wildman–Crippen LogP) is 2.91. The molecule has 0 saturated carbocycles. The van der Waals surface area contributed by atoms with E-state index in [-0.39, 0.29) is 11.1 Å². The quantitative estimate of drug-likeness (QED) is 0.764. The van der Waals surface area contributed by atoms with Crippen LogP contribution in [0.15, 0.2) is 24.3 Å². The number of fused-ring (bicyclic) bond motifs is 1. The minimum Gasteiger partial charge on any atom is -0.391 e. The number of halogens is 4. The summed E-state index contributed by atoms with van der Waals surface area (Å²) in [4.78, 5) is 6.95. The molecule has 0 bridgehead atoms. The van der Waals surface area contributed by atoms with Gasteiger partial charge in [0.2, 0.25) is 5.95 Å². The van der Waals surface area contributed by atoms with Crippen LogP contribution in [-0.4, -0.2) is 24.9 Å². The third-order valence-corrected chi connectivity index (χ3v) is 3.31. The molecule has 3 rings (SSSR count). The second-order valence-electron chi connectivity index (χ2n) is 4.26. The Kier molecular flexibility index (Phi) is 3.14. The van der Waals surface area contributed by atoms with E-state index in [2.05, 4.69) is 15.1 Å². The number of aliphatic hydroxyl groups excluding tert-OH is 1. The number of hydrogen-bond donors (Lipinski definition) is 2. The number of imidazole rings is 1. The Balaban J connectivity index is 2.20. The maximum Gasteiger partial charge on any atom is 0.435 e. The van der Waals surface area contributed by atoms with Gasteiger partial charge in [0.25, 0.3) is 0 Å². The fourth-order valence-electron chi connectivity index (χ4n) is 1.98. The van der Waals surface area contributed by atoms with Gasteiger partial charge in [-0.15, -0.1) is 0 Å². The third-order valence-electron chi connectivity index (χ3n) is 2.92. The molecule has 2 N–H and O–H groups in total. The van der Waals surface area contributed by atoms with Crippen molar-refractivity contribution >= 4 is 22.6 Å². The van der Waals surface area contributed by atoms with E-state index in [1.165, 1.54) is 0 Å². The van der Waals surface area contributed by atoms with Crippen LogP contribution in [0.25, 0.3) is 17.0 Å². The predicted molar refractivity (Wildman–Crippen MR) is 69.2 cm³/mol. The lowest BCUT2D eigenvalue weighted by Gasteiger charge is -2.03. The lowest BCUT2D eigenvalue weighted by molar-refractivity contribution is -0.142. The van der Waals surface area contributed by atoms with Crippen LogP contribution < -0.4 is 0 Å². The molecule has 2 heterocycles. The molecule has 0 radical (unpaired) electrons. The van der Waals surface area contributed by atoms with Crippen LogP contribution in [-0.2, 0) is 12.8 Å². The van der Waals surface area contributed by atoms with E-state index in [1.807, 2.05) is 0 Å². The maximum atomic E-state index is 12.9. The number of rotatable bonds is 2. The lowest BCUT2D eigenvalue weighted by Crippen LogP contribution is -2.10. The number of para-hydroxylation sites is 2. The van der Waals surface area contributed by atoms with Crippen molar-refractivity contribution in [2.75, 3.05) is 0 Å². The fraction of sp³-hybridized carbons (Fsp3) is 0.167. The van der Waals surface area contributed by atoms with Gasteiger partial charge in [0, 0.05) is 5.56 Å². The van der Waals surface area contributed by atoms with Crippen LogP contribution in [0, 0.1) is 0 Å². The zero-order chi connectivity index (χ0) is 15.2. The van der Waals surface area contributed by atoms with Crippen LogP contribution in [0.5, 0.6) is 0 Å². The highest BCUT2D eigenvalue weighted by Crippen LogP contribution is 2.35. The van der Waals surface area contributed by atoms with Gasteiger partial charge in [-0.2, -0.15) is 23.0 Å². The summed E-state index contributed by atoms with van der Waals surface area (Å²) in [7, 11) is 0. The first-order chi connectivity index (χ1) is 9.91. The molecule has 0 spiro atoms. The molecule has 5 nitrogen and oxygen atoms in total. The molecule has 0 fully saturated rings. The van der Waals surface area contributed by atoms with Crippen molar-refractivity contribution in [3.8, 4) is 5.95 Å². The molecular formula is C12H8ClF3N4O. The minimum absolute atomic E-state index is 0.0476. The van der Waals surface area contributed by atoms with Crippen molar-refractivity contribution in [2.45, 2.75) is 12.8 Å². The first-order valence-electron chi connectivity index (χ1n) is 5.82. The molecule has 2 aromatic heterocycles. The number of hydrogen-bond acceptors (Lipinski definition) is 3. The number of nitrogens with zero attached hydrogens (tertiary/aromatic N) is 3. The number of alkyl halides is 3. The van der Waals surface area contributed by atoms with E-state index < -0.39 is 24.0 Å². The van der Waals surface area contributed by atoms with E-state index in [0.29, 0.717) is 11.0 Å². The Labute approximate surface area is 121 Å². The van der Waals surface area contributed by atoms with Crippen LogP contribution in [0.1, 0.15) is 11.3 Å². The highest BCUT2D eigenvalue weighted by atomic mass is 35.5. The molecule has 0 amide bonds. The maximum absolute atomic E-state index is 12.9. The topological polar surface area (TPSA) is 66.7 Å². The molecule has 0 atom stereocenters. The molecule has 21 heavy (non-hydrogen) atoms. The van der Waals surface area contributed by atoms with Gasteiger partial charge in [0.1, 0.15) is 5.15 Å². The SMILES string of the molecule is OCc1c(C(F)(F)F)nn(-c2nc3ccccc3[nH]2)c1Cl. The molecule has 9 heteroatoms. The van der Waals surface area contributed by atoms with Gasteiger partial charge in [-0.3, -0.25) is 0 Å². The largest absolute Gasteiger partial charge is 0.435 e. The molecule has 0 aliphatic rings. The fourth-order valence-corrected chi connectivity index (χ4v) is 2.24. The van der Waals surface area contributed by atoms with Gasteiger partial charge < -0.3 is 10.1 Å². The van der Waals surface area contributed by atoms with Gasteiger partial charge in [0.15, 0.2) is 5.69 Å². The van der Waals surface area contributed by atoms with E-state index in [4.69, 9.17) is 16.7 Å². The summed E-state index contributed by atoms with van der Waals surface area (Å²) in [6.07, 6.45) is -4.71. The summed E-state index contributed by atoms with van der Waals surface area (Å²) in [6.45, 7) is -0.867. The number of nitrogens with one attached hydrogen (secondary N) is 1. The zero-order valence-corrected chi connectivity index (χ0v) is 11.1. The van der Waals surface area contributed by atoms with Crippen LogP contribution in [0.2, 0.25) is 5.15 Å². The molecule has 110 valence electrons. The Morgan fingerprint density at radius 2 is 2.00 bits per heavy atom. The van der Waals surface area contributed by atoms with Crippen molar-refractivity contribution in [1.82, 2.24) is 19.7 Å². The van der Waals surface area contributed by atoms with E-state index in [9.17, 15) is 13.2 Å². The van der Waals surface area contributed by atoms with Gasteiger partial charge in [-0.05, 0) is 12.1 Å². The van der Waals surface area contributed by atoms with Crippen LogP contribution in [0.3, 0.4) is 0 Å². The van der Waals surface area contributed by atoms with Gasteiger partial charge in [0.05, 0.1) is 17.6 Å². The van der Waals surface area contributed by atoms with E-state index >= 15 is 0 Å². The minimum atomic E-state index is -4.71. The summed E-state index contributed by atoms with van der Waals surface area (Å²) >= 11 is 5.88. The van der Waals surface area contributed by atoms with Crippen molar-refractivity contribution in [2.24, 2.45) is 0 Å². The molecular weight excluding hydrogens is 309 g/mol. The molecule has 0 saturated heterocycles. The number of H-pyrrole nitrogens is 1. The number of aromatic nitrogens is 4. The molecule has 3 aromatic rings. The highest BCUT2D eigenvalue weighted by Gasteiger charge is 2.39. The summed E-state index contributed by atoms with van der Waals surface area (Å²) in [6, 6.07) is 6.93. The summed E-state index contributed by atoms with van der Waals surface area (Å²) in [5.74, 6) is 0.0476. The standard InChI is InChI=1S/C12H8ClF3N4O/c13-10-6(5-21)9(12(14,15)16)19-20(10)11-17-7-3-1-2-4-8(7)18-11/h1-4,21H,5H2,(H,17,18). The van der Waals surface area contributed by atoms with Gasteiger partial charge >= 0.3 is 6.18 Å². The normalized spacial score (nSPS) is 12.2. The molecule has 0 aliphatic heterocycles. The highest BCUT2D eigenvalue weighted by molar-refractivity contribution is 6.30. The third kappa shape index (κ3) is 2.26. The average molecular weight is 317 g/mol. The Morgan fingerprint density at radius 1 is 1.29 bits per heavy atom. The van der Waals surface area contributed by atoms with Crippen molar-refractivity contribution < 1.29 is 18.3 Å². The zero-order valence-electron chi connectivity index (χ0n) is 10.3. The monoisotopic (exact) mass is 316 g/mol. The number of aromatic amines is 1. The first kappa shape index (κ1) is 13.9.